The molecular formula is C20H20Cl2O4. The van der Waals surface area contributed by atoms with Crippen LogP contribution in [-0.2, 0) is 0 Å². The molecule has 26 heavy (non-hydrogen) atoms. The number of halogens is 2. The summed E-state index contributed by atoms with van der Waals surface area (Å²) < 4.78 is 22.7. The van der Waals surface area contributed by atoms with Gasteiger partial charge in [-0.25, -0.2) is 0 Å². The Morgan fingerprint density at radius 2 is 0.769 bits per heavy atom. The van der Waals surface area contributed by atoms with E-state index in [2.05, 4.69) is 0 Å². The zero-order valence-electron chi connectivity index (χ0n) is 15.0. The Bertz CT molecular complexity index is 734. The molecule has 0 amide bonds. The molecule has 0 radical (unpaired) electrons. The fourth-order valence-corrected chi connectivity index (χ4v) is 5.28. The Morgan fingerprint density at radius 3 is 0.962 bits per heavy atom. The van der Waals surface area contributed by atoms with Crippen molar-refractivity contribution in [2.75, 3.05) is 28.4 Å². The van der Waals surface area contributed by atoms with Crippen molar-refractivity contribution >= 4 is 23.2 Å². The lowest BCUT2D eigenvalue weighted by Gasteiger charge is -2.47. The van der Waals surface area contributed by atoms with Crippen molar-refractivity contribution in [2.24, 2.45) is 0 Å². The van der Waals surface area contributed by atoms with Gasteiger partial charge in [0.15, 0.2) is 0 Å². The average Bonchev–Trinajstić information content (AvgIpc) is 2.68. The molecule has 6 heteroatoms. The van der Waals surface area contributed by atoms with Crippen molar-refractivity contribution in [3.8, 4) is 23.0 Å². The maximum Gasteiger partial charge on any atom is 0.123 e. The summed E-state index contributed by atoms with van der Waals surface area (Å²) in [4.78, 5) is 0. The van der Waals surface area contributed by atoms with Crippen molar-refractivity contribution in [1.29, 1.82) is 0 Å². The number of hydrogen-bond acceptors (Lipinski definition) is 4. The predicted molar refractivity (Wildman–Crippen MR) is 102 cm³/mol. The molecule has 0 aromatic heterocycles. The Kier molecular flexibility index (Phi) is 4.36. The predicted octanol–water partition coefficient (Wildman–Crippen LogP) is 4.53. The molecule has 0 saturated heterocycles. The van der Waals surface area contributed by atoms with E-state index in [9.17, 15) is 0 Å². The Morgan fingerprint density at radius 1 is 0.538 bits per heavy atom. The van der Waals surface area contributed by atoms with E-state index < -0.39 is 0 Å². The summed E-state index contributed by atoms with van der Waals surface area (Å²) in [7, 11) is 6.65. The van der Waals surface area contributed by atoms with Crippen LogP contribution in [0.5, 0.6) is 23.0 Å². The van der Waals surface area contributed by atoms with E-state index in [0.717, 1.165) is 45.3 Å². The van der Waals surface area contributed by atoms with Crippen molar-refractivity contribution in [1.82, 2.24) is 0 Å². The van der Waals surface area contributed by atoms with Crippen LogP contribution in [0.4, 0.5) is 0 Å². The molecule has 2 bridgehead atoms. The molecule has 0 aliphatic heterocycles. The van der Waals surface area contributed by atoms with Crippen LogP contribution in [0.2, 0.25) is 0 Å². The highest BCUT2D eigenvalue weighted by Crippen LogP contribution is 2.63. The van der Waals surface area contributed by atoms with Gasteiger partial charge in [0.25, 0.3) is 0 Å². The van der Waals surface area contributed by atoms with Crippen LogP contribution in [-0.4, -0.2) is 39.2 Å². The number of hydrogen-bond donors (Lipinski definition) is 0. The van der Waals surface area contributed by atoms with Gasteiger partial charge in [-0.05, 0) is 24.3 Å². The fourth-order valence-electron chi connectivity index (χ4n) is 4.48. The van der Waals surface area contributed by atoms with Gasteiger partial charge in [-0.15, -0.1) is 23.2 Å². The first-order valence-corrected chi connectivity index (χ1v) is 9.23. The van der Waals surface area contributed by atoms with Crippen LogP contribution in [0.15, 0.2) is 24.3 Å². The lowest BCUT2D eigenvalue weighted by Crippen LogP contribution is -2.42. The van der Waals surface area contributed by atoms with E-state index in [1.54, 1.807) is 28.4 Å². The fraction of sp³-hybridized carbons (Fsp3) is 0.400. The normalized spacial score (nSPS) is 25.3. The molecule has 0 N–H and O–H groups in total. The number of methoxy groups -OCH3 is 4. The number of rotatable bonds is 4. The van der Waals surface area contributed by atoms with Gasteiger partial charge in [0, 0.05) is 34.1 Å². The minimum absolute atomic E-state index is 0.177. The molecular weight excluding hydrogens is 375 g/mol. The third-order valence-electron chi connectivity index (χ3n) is 5.48. The van der Waals surface area contributed by atoms with E-state index in [1.165, 1.54) is 0 Å². The first-order chi connectivity index (χ1) is 12.6. The minimum Gasteiger partial charge on any atom is -0.496 e. The summed E-state index contributed by atoms with van der Waals surface area (Å²) in [5.74, 6) is 2.76. The minimum atomic E-state index is -0.302. The lowest BCUT2D eigenvalue weighted by molar-refractivity contribution is 0.357. The van der Waals surface area contributed by atoms with Gasteiger partial charge in [-0.1, -0.05) is 0 Å². The molecule has 0 spiro atoms. The molecule has 2 aromatic rings. The average molecular weight is 395 g/mol. The van der Waals surface area contributed by atoms with Gasteiger partial charge >= 0.3 is 0 Å². The molecule has 2 atom stereocenters. The van der Waals surface area contributed by atoms with Gasteiger partial charge < -0.3 is 18.9 Å². The van der Waals surface area contributed by atoms with Gasteiger partial charge in [0.1, 0.15) is 23.0 Å². The smallest absolute Gasteiger partial charge is 0.123 e. The highest BCUT2D eigenvalue weighted by molar-refractivity contribution is 6.32. The zero-order valence-corrected chi connectivity index (χ0v) is 16.5. The molecule has 0 saturated carbocycles. The van der Waals surface area contributed by atoms with Crippen LogP contribution in [0.25, 0.3) is 0 Å². The molecule has 2 aromatic carbocycles. The van der Waals surface area contributed by atoms with Gasteiger partial charge in [0.05, 0.1) is 39.2 Å². The third-order valence-corrected chi connectivity index (χ3v) is 6.65. The monoisotopic (exact) mass is 394 g/mol. The largest absolute Gasteiger partial charge is 0.496 e. The summed E-state index contributed by atoms with van der Waals surface area (Å²) in [5.41, 5.74) is 4.08. The maximum absolute atomic E-state index is 6.84. The van der Waals surface area contributed by atoms with Crippen LogP contribution < -0.4 is 18.9 Å². The molecule has 0 fully saturated rings. The zero-order chi connectivity index (χ0) is 18.6. The van der Waals surface area contributed by atoms with Crippen LogP contribution >= 0.6 is 23.2 Å². The third kappa shape index (κ3) is 2.15. The molecule has 5 rings (SSSR count). The first kappa shape index (κ1) is 17.6. The molecule has 3 aliphatic carbocycles. The van der Waals surface area contributed by atoms with E-state index in [4.69, 9.17) is 42.1 Å². The van der Waals surface area contributed by atoms with Gasteiger partial charge in [-0.3, -0.25) is 0 Å². The summed E-state index contributed by atoms with van der Waals surface area (Å²) in [5, 5.41) is -0.604. The number of fused-ring (bicyclic) bond motifs is 1. The molecule has 2 unspecified atom stereocenters. The number of benzene rings is 2. The summed E-state index contributed by atoms with van der Waals surface area (Å²) >= 11 is 13.7. The second-order valence-corrected chi connectivity index (χ2v) is 7.45. The summed E-state index contributed by atoms with van der Waals surface area (Å²) in [6.45, 7) is 0. The van der Waals surface area contributed by atoms with Crippen molar-refractivity contribution in [3.05, 3.63) is 46.5 Å². The standard InChI is InChI=1S/C20H20Cl2O4/c1-23-9-5-6-10(24-2)14-13(9)17-15-11(25-3)7-8-12(26-4)16(15)18(14)20(22)19(17)21/h5-8,17-20H,1-4H3. The van der Waals surface area contributed by atoms with E-state index in [-0.39, 0.29) is 22.6 Å². The van der Waals surface area contributed by atoms with Crippen LogP contribution in [0.3, 0.4) is 0 Å². The Balaban J connectivity index is 2.12. The lowest BCUT2D eigenvalue weighted by atomic mass is 9.62. The van der Waals surface area contributed by atoms with E-state index in [1.807, 2.05) is 24.3 Å². The molecule has 138 valence electrons. The molecule has 3 aliphatic rings. The molecule has 0 heterocycles. The maximum atomic E-state index is 6.84. The molecule has 4 nitrogen and oxygen atoms in total. The van der Waals surface area contributed by atoms with Crippen LogP contribution in [0.1, 0.15) is 34.1 Å². The van der Waals surface area contributed by atoms with Crippen LogP contribution in [0, 0.1) is 0 Å². The van der Waals surface area contributed by atoms with Gasteiger partial charge in [0.2, 0.25) is 0 Å². The van der Waals surface area contributed by atoms with Crippen molar-refractivity contribution < 1.29 is 18.9 Å². The summed E-state index contributed by atoms with van der Waals surface area (Å²) in [6.07, 6.45) is 0. The number of alkyl halides is 2. The second-order valence-electron chi connectivity index (χ2n) is 6.44. The number of ether oxygens (including phenoxy) is 4. The van der Waals surface area contributed by atoms with Crippen molar-refractivity contribution in [2.45, 2.75) is 22.6 Å². The van der Waals surface area contributed by atoms with E-state index >= 15 is 0 Å². The Labute approximate surface area is 162 Å². The summed E-state index contributed by atoms with van der Waals surface area (Å²) in [6, 6.07) is 7.66. The highest BCUT2D eigenvalue weighted by Gasteiger charge is 2.53. The Hall–Kier alpha value is -1.78. The van der Waals surface area contributed by atoms with Crippen molar-refractivity contribution in [3.63, 3.8) is 0 Å². The van der Waals surface area contributed by atoms with E-state index in [0.29, 0.717) is 0 Å². The SMILES string of the molecule is COc1ccc(OC)c2c1C1c3c(OC)ccc(OC)c3C2C(Cl)C1Cl. The van der Waals surface area contributed by atoms with Gasteiger partial charge in [-0.2, -0.15) is 0 Å². The first-order valence-electron chi connectivity index (χ1n) is 8.36. The second kappa shape index (κ2) is 6.43. The topological polar surface area (TPSA) is 36.9 Å². The highest BCUT2D eigenvalue weighted by atomic mass is 35.5. The quantitative estimate of drug-likeness (QED) is 0.713.